The lowest BCUT2D eigenvalue weighted by Crippen LogP contribution is -2.26. The van der Waals surface area contributed by atoms with Gasteiger partial charge in [-0.3, -0.25) is 4.79 Å². The summed E-state index contributed by atoms with van der Waals surface area (Å²) in [6, 6.07) is 10.2. The Labute approximate surface area is 134 Å². The summed E-state index contributed by atoms with van der Waals surface area (Å²) in [4.78, 5) is 13.8. The number of nitrogens with zero attached hydrogens (tertiary/aromatic N) is 1. The molecule has 0 saturated carbocycles. The van der Waals surface area contributed by atoms with Crippen LogP contribution in [0.1, 0.15) is 11.1 Å². The van der Waals surface area contributed by atoms with Crippen LogP contribution in [0, 0.1) is 9.39 Å². The summed E-state index contributed by atoms with van der Waals surface area (Å²) in [5, 5.41) is 0.344. The number of benzene rings is 2. The highest BCUT2D eigenvalue weighted by atomic mass is 127. The van der Waals surface area contributed by atoms with E-state index in [1.54, 1.807) is 11.0 Å². The number of fused-ring (bicyclic) bond motifs is 1. The van der Waals surface area contributed by atoms with Crippen LogP contribution >= 0.6 is 34.2 Å². The summed E-state index contributed by atoms with van der Waals surface area (Å²) >= 11 is 8.26. The molecule has 3 rings (SSSR count). The van der Waals surface area contributed by atoms with Gasteiger partial charge in [-0.15, -0.1) is 0 Å². The van der Waals surface area contributed by atoms with Gasteiger partial charge in [-0.25, -0.2) is 4.39 Å². The zero-order chi connectivity index (χ0) is 14.3. The lowest BCUT2D eigenvalue weighted by molar-refractivity contribution is -0.117. The van der Waals surface area contributed by atoms with Crippen molar-refractivity contribution in [3.05, 3.63) is 61.9 Å². The average Bonchev–Trinajstić information content (AvgIpc) is 2.68. The van der Waals surface area contributed by atoms with E-state index >= 15 is 0 Å². The van der Waals surface area contributed by atoms with Crippen molar-refractivity contribution in [1.82, 2.24) is 0 Å². The fourth-order valence-corrected chi connectivity index (χ4v) is 3.13. The highest BCUT2D eigenvalue weighted by Crippen LogP contribution is 2.32. The molecule has 1 heterocycles. The lowest BCUT2D eigenvalue weighted by Gasteiger charge is -2.18. The molecular formula is C15H10ClFINO. The number of anilines is 1. The first-order chi connectivity index (χ1) is 9.54. The summed E-state index contributed by atoms with van der Waals surface area (Å²) < 4.78 is 14.2. The van der Waals surface area contributed by atoms with Crippen LogP contribution in [0.15, 0.2) is 36.4 Å². The lowest BCUT2D eigenvalue weighted by atomic mass is 10.1. The van der Waals surface area contributed by atoms with Gasteiger partial charge in [-0.05, 0) is 64.0 Å². The van der Waals surface area contributed by atoms with Gasteiger partial charge in [0.05, 0.1) is 13.0 Å². The minimum atomic E-state index is -0.374. The molecule has 0 aliphatic carbocycles. The third-order valence-corrected chi connectivity index (χ3v) is 4.34. The van der Waals surface area contributed by atoms with Crippen molar-refractivity contribution in [3.63, 3.8) is 0 Å². The SMILES string of the molecule is O=C1Cc2cc(I)ccc2N1Cc1ccc(F)cc1Cl. The molecule has 0 bridgehead atoms. The van der Waals surface area contributed by atoms with E-state index in [9.17, 15) is 9.18 Å². The normalized spacial score (nSPS) is 13.8. The summed E-state index contributed by atoms with van der Waals surface area (Å²) in [5.74, 6) is -0.330. The van der Waals surface area contributed by atoms with Gasteiger partial charge in [0, 0.05) is 14.3 Å². The first-order valence-electron chi connectivity index (χ1n) is 6.07. The fourth-order valence-electron chi connectivity index (χ4n) is 2.35. The van der Waals surface area contributed by atoms with Crippen LogP contribution in [0.2, 0.25) is 5.02 Å². The predicted octanol–water partition coefficient (Wildman–Crippen LogP) is 4.17. The topological polar surface area (TPSA) is 20.3 Å². The van der Waals surface area contributed by atoms with E-state index in [0.717, 1.165) is 20.4 Å². The van der Waals surface area contributed by atoms with Gasteiger partial charge in [-0.1, -0.05) is 17.7 Å². The van der Waals surface area contributed by atoms with Crippen molar-refractivity contribution in [3.8, 4) is 0 Å². The zero-order valence-corrected chi connectivity index (χ0v) is 13.3. The summed E-state index contributed by atoms with van der Waals surface area (Å²) in [7, 11) is 0. The number of carbonyl (C=O) groups is 1. The van der Waals surface area contributed by atoms with Gasteiger partial charge in [0.15, 0.2) is 0 Å². The first kappa shape index (κ1) is 13.8. The van der Waals surface area contributed by atoms with Gasteiger partial charge < -0.3 is 4.90 Å². The quantitative estimate of drug-likeness (QED) is 0.692. The van der Waals surface area contributed by atoms with Crippen LogP contribution < -0.4 is 4.90 Å². The van der Waals surface area contributed by atoms with Gasteiger partial charge in [0.25, 0.3) is 0 Å². The number of carbonyl (C=O) groups excluding carboxylic acids is 1. The molecule has 0 unspecified atom stereocenters. The van der Waals surface area contributed by atoms with Crippen LogP contribution in [-0.4, -0.2) is 5.91 Å². The molecule has 1 amide bonds. The fraction of sp³-hybridized carbons (Fsp3) is 0.133. The highest BCUT2D eigenvalue weighted by molar-refractivity contribution is 14.1. The van der Waals surface area contributed by atoms with E-state index in [4.69, 9.17) is 11.6 Å². The maximum atomic E-state index is 13.1. The molecular weight excluding hydrogens is 392 g/mol. The van der Waals surface area contributed by atoms with Crippen LogP contribution in [0.5, 0.6) is 0 Å². The number of hydrogen-bond acceptors (Lipinski definition) is 1. The molecule has 20 heavy (non-hydrogen) atoms. The van der Waals surface area contributed by atoms with Crippen molar-refractivity contribution in [1.29, 1.82) is 0 Å². The molecule has 102 valence electrons. The second kappa shape index (κ2) is 5.33. The summed E-state index contributed by atoms with van der Waals surface area (Å²) in [6.07, 6.45) is 0.408. The molecule has 2 nitrogen and oxygen atoms in total. The Balaban J connectivity index is 1.94. The summed E-state index contributed by atoms with van der Waals surface area (Å²) in [6.45, 7) is 0.367. The average molecular weight is 402 g/mol. The van der Waals surface area contributed by atoms with Gasteiger partial charge >= 0.3 is 0 Å². The third-order valence-electron chi connectivity index (χ3n) is 3.32. The molecule has 0 spiro atoms. The molecule has 2 aromatic carbocycles. The minimum Gasteiger partial charge on any atom is -0.307 e. The number of rotatable bonds is 2. The highest BCUT2D eigenvalue weighted by Gasteiger charge is 2.27. The van der Waals surface area contributed by atoms with Crippen LogP contribution in [0.25, 0.3) is 0 Å². The van der Waals surface area contributed by atoms with Crippen molar-refractivity contribution < 1.29 is 9.18 Å². The van der Waals surface area contributed by atoms with Gasteiger partial charge in [0.1, 0.15) is 5.82 Å². The Hall–Kier alpha value is -1.14. The van der Waals surface area contributed by atoms with E-state index in [1.807, 2.05) is 18.2 Å². The molecule has 0 saturated heterocycles. The summed E-state index contributed by atoms with van der Waals surface area (Å²) in [5.41, 5.74) is 2.68. The van der Waals surface area contributed by atoms with Crippen molar-refractivity contribution in [2.45, 2.75) is 13.0 Å². The third kappa shape index (κ3) is 2.54. The zero-order valence-electron chi connectivity index (χ0n) is 10.4. The second-order valence-electron chi connectivity index (χ2n) is 4.67. The molecule has 0 radical (unpaired) electrons. The molecule has 5 heteroatoms. The largest absolute Gasteiger partial charge is 0.307 e. The molecule has 0 fully saturated rings. The maximum absolute atomic E-state index is 13.1. The Morgan fingerprint density at radius 2 is 2.05 bits per heavy atom. The van der Waals surface area contributed by atoms with Gasteiger partial charge in [-0.2, -0.15) is 0 Å². The van der Waals surface area contributed by atoms with E-state index < -0.39 is 0 Å². The Morgan fingerprint density at radius 1 is 1.25 bits per heavy atom. The molecule has 1 aliphatic heterocycles. The predicted molar refractivity (Wildman–Crippen MR) is 85.5 cm³/mol. The second-order valence-corrected chi connectivity index (χ2v) is 6.32. The van der Waals surface area contributed by atoms with Gasteiger partial charge in [0.2, 0.25) is 5.91 Å². The first-order valence-corrected chi connectivity index (χ1v) is 7.53. The molecule has 2 aromatic rings. The molecule has 0 aromatic heterocycles. The molecule has 0 atom stereocenters. The van der Waals surface area contributed by atoms with Crippen molar-refractivity contribution in [2.75, 3.05) is 4.90 Å². The Bertz CT molecular complexity index is 704. The van der Waals surface area contributed by atoms with Crippen molar-refractivity contribution >= 4 is 45.8 Å². The molecule has 1 aliphatic rings. The standard InChI is InChI=1S/C15H10ClFINO/c16-13-7-11(17)2-1-9(13)8-19-14-4-3-12(18)5-10(14)6-15(19)20/h1-5,7H,6,8H2. The van der Waals surface area contributed by atoms with Crippen LogP contribution in [-0.2, 0) is 17.8 Å². The smallest absolute Gasteiger partial charge is 0.231 e. The van der Waals surface area contributed by atoms with E-state index in [-0.39, 0.29) is 11.7 Å². The van der Waals surface area contributed by atoms with E-state index in [1.165, 1.54) is 12.1 Å². The van der Waals surface area contributed by atoms with Crippen LogP contribution in [0.4, 0.5) is 10.1 Å². The minimum absolute atomic E-state index is 0.0439. The molecule has 0 N–H and O–H groups in total. The number of halogens is 3. The van der Waals surface area contributed by atoms with Crippen molar-refractivity contribution in [2.24, 2.45) is 0 Å². The maximum Gasteiger partial charge on any atom is 0.231 e. The Kier molecular flexibility index (Phi) is 3.69. The van der Waals surface area contributed by atoms with E-state index in [0.29, 0.717) is 18.0 Å². The number of amides is 1. The number of hydrogen-bond donors (Lipinski definition) is 0. The Morgan fingerprint density at radius 3 is 2.80 bits per heavy atom. The monoisotopic (exact) mass is 401 g/mol. The van der Waals surface area contributed by atoms with Crippen LogP contribution in [0.3, 0.4) is 0 Å². The van der Waals surface area contributed by atoms with E-state index in [2.05, 4.69) is 22.6 Å².